The highest BCUT2D eigenvalue weighted by Crippen LogP contribution is 2.45. The average Bonchev–Trinajstić information content (AvgIpc) is 3.20. The second-order valence-electron chi connectivity index (χ2n) is 15.1. The maximum Gasteiger partial charge on any atom is 0.303 e. The van der Waals surface area contributed by atoms with Crippen molar-refractivity contribution in [3.63, 3.8) is 0 Å². The van der Waals surface area contributed by atoms with Crippen molar-refractivity contribution in [3.8, 4) is 35.2 Å². The molecule has 2 aromatic heterocycles. The van der Waals surface area contributed by atoms with E-state index >= 15 is 0 Å². The smallest absolute Gasteiger partial charge is 0.303 e. The highest BCUT2D eigenvalue weighted by Gasteiger charge is 2.46. The standard InChI is InChI=1S/C44H46N4O6/c1-27(49)53-43(35-13-17-45-39-11-9-33(51-3)23-37(35)39)41-21-29-15-19-47(41)25-31(29)7-5-6-8-32-26-48-20-16-30(32)22-42(48)44(54-28(2)50)36-14-18-46-40-12-10-34(52-4)24-38(36)40/h9-14,17-18,23-24,29-32,41-44H,15-16,19-22,25-26H2,1-4H3/t29-,30-,31-,32-,41-,42-,43+,44+/m0/s1. The van der Waals surface area contributed by atoms with Crippen molar-refractivity contribution in [2.45, 2.75) is 63.8 Å². The van der Waals surface area contributed by atoms with E-state index in [-0.39, 0.29) is 35.9 Å². The number of ether oxygens (including phenoxy) is 4. The van der Waals surface area contributed by atoms with Gasteiger partial charge in [0.2, 0.25) is 0 Å². The van der Waals surface area contributed by atoms with Crippen LogP contribution in [0.3, 0.4) is 0 Å². The molecule has 0 saturated carbocycles. The third-order valence-corrected chi connectivity index (χ3v) is 12.0. The van der Waals surface area contributed by atoms with Crippen LogP contribution < -0.4 is 9.47 Å². The van der Waals surface area contributed by atoms with Crippen molar-refractivity contribution in [1.82, 2.24) is 19.8 Å². The molecule has 4 aromatic rings. The molecule has 0 aliphatic carbocycles. The van der Waals surface area contributed by atoms with E-state index in [1.165, 1.54) is 13.8 Å². The zero-order chi connectivity index (χ0) is 37.3. The number of aromatic nitrogens is 2. The first-order chi connectivity index (χ1) is 26.3. The van der Waals surface area contributed by atoms with Crippen LogP contribution in [0.1, 0.15) is 62.9 Å². The lowest BCUT2D eigenvalue weighted by Gasteiger charge is -2.50. The maximum atomic E-state index is 12.4. The maximum absolute atomic E-state index is 12.4. The Kier molecular flexibility index (Phi) is 10.2. The van der Waals surface area contributed by atoms with Crippen LogP contribution in [0.2, 0.25) is 0 Å². The predicted octanol–water partition coefficient (Wildman–Crippen LogP) is 6.14. The molecule has 0 spiro atoms. The number of benzene rings is 2. The number of rotatable bonds is 8. The second kappa shape index (κ2) is 15.3. The van der Waals surface area contributed by atoms with E-state index < -0.39 is 12.2 Å². The number of carbonyl (C=O) groups is 2. The molecule has 10 nitrogen and oxygen atoms in total. The molecule has 4 bridgehead atoms. The zero-order valence-corrected chi connectivity index (χ0v) is 31.3. The van der Waals surface area contributed by atoms with Gasteiger partial charge in [0.05, 0.1) is 37.3 Å². The van der Waals surface area contributed by atoms with Crippen LogP contribution in [0.4, 0.5) is 0 Å². The summed E-state index contributed by atoms with van der Waals surface area (Å²) in [6.45, 7) is 6.50. The van der Waals surface area contributed by atoms with E-state index in [2.05, 4.69) is 43.4 Å². The number of esters is 2. The van der Waals surface area contributed by atoms with Crippen molar-refractivity contribution in [3.05, 3.63) is 72.1 Å². The van der Waals surface area contributed by atoms with Crippen LogP contribution in [0.5, 0.6) is 11.5 Å². The van der Waals surface area contributed by atoms with Gasteiger partial charge in [-0.05, 0) is 111 Å². The fourth-order valence-corrected chi connectivity index (χ4v) is 9.45. The number of fused-ring (bicyclic) bond motifs is 8. The van der Waals surface area contributed by atoms with Crippen molar-refractivity contribution >= 4 is 33.7 Å². The molecule has 10 heteroatoms. The van der Waals surface area contributed by atoms with Gasteiger partial charge in [-0.3, -0.25) is 29.4 Å². The Labute approximate surface area is 316 Å². The number of hydrogen-bond donors (Lipinski definition) is 0. The topological polar surface area (TPSA) is 103 Å². The Hall–Kier alpha value is -5.16. The van der Waals surface area contributed by atoms with Gasteiger partial charge in [-0.25, -0.2) is 0 Å². The molecule has 6 fully saturated rings. The van der Waals surface area contributed by atoms with Gasteiger partial charge in [-0.2, -0.15) is 0 Å². The Bertz CT molecular complexity index is 2050. The fraction of sp³-hybridized carbons (Fsp3) is 0.455. The molecular formula is C44H46N4O6. The van der Waals surface area contributed by atoms with E-state index in [0.717, 1.165) is 96.3 Å². The normalized spacial score (nSPS) is 27.9. The van der Waals surface area contributed by atoms with Gasteiger partial charge >= 0.3 is 11.9 Å². The predicted molar refractivity (Wildman–Crippen MR) is 204 cm³/mol. The van der Waals surface area contributed by atoms with Crippen LogP contribution in [0, 0.1) is 47.4 Å². The monoisotopic (exact) mass is 726 g/mol. The van der Waals surface area contributed by atoms with Crippen molar-refractivity contribution in [2.75, 3.05) is 40.4 Å². The number of hydrogen-bond acceptors (Lipinski definition) is 10. The van der Waals surface area contributed by atoms with Gasteiger partial charge in [0.15, 0.2) is 0 Å². The molecule has 0 N–H and O–H groups in total. The number of carbonyl (C=O) groups excluding carboxylic acids is 2. The molecule has 0 radical (unpaired) electrons. The summed E-state index contributed by atoms with van der Waals surface area (Å²) in [5.74, 6) is 15.7. The summed E-state index contributed by atoms with van der Waals surface area (Å²) < 4.78 is 23.2. The summed E-state index contributed by atoms with van der Waals surface area (Å²) in [6, 6.07) is 15.7. The second-order valence-corrected chi connectivity index (χ2v) is 15.1. The average molecular weight is 727 g/mol. The van der Waals surface area contributed by atoms with Gasteiger partial charge in [0.1, 0.15) is 23.7 Å². The molecule has 6 aliphatic rings. The number of piperidine rings is 6. The summed E-state index contributed by atoms with van der Waals surface area (Å²) in [5.41, 5.74) is 3.59. The molecule has 54 heavy (non-hydrogen) atoms. The minimum Gasteiger partial charge on any atom is -0.497 e. The Morgan fingerprint density at radius 3 is 1.50 bits per heavy atom. The van der Waals surface area contributed by atoms with E-state index in [0.29, 0.717) is 11.8 Å². The molecule has 2 unspecified atom stereocenters. The van der Waals surface area contributed by atoms with Crippen LogP contribution in [0.15, 0.2) is 60.9 Å². The van der Waals surface area contributed by atoms with Crippen LogP contribution >= 0.6 is 0 Å². The van der Waals surface area contributed by atoms with E-state index in [9.17, 15) is 9.59 Å². The molecule has 6 aliphatic heterocycles. The van der Waals surface area contributed by atoms with Crippen LogP contribution in [-0.4, -0.2) is 84.2 Å². The third-order valence-electron chi connectivity index (χ3n) is 12.0. The fourth-order valence-electron chi connectivity index (χ4n) is 9.45. The number of pyridine rings is 2. The van der Waals surface area contributed by atoms with Gasteiger partial charge in [-0.1, -0.05) is 11.8 Å². The zero-order valence-electron chi connectivity index (χ0n) is 31.3. The summed E-state index contributed by atoms with van der Waals surface area (Å²) in [4.78, 5) is 38.9. The quantitative estimate of drug-likeness (QED) is 0.156. The molecular weight excluding hydrogens is 681 g/mol. The highest BCUT2D eigenvalue weighted by molar-refractivity contribution is 5.85. The van der Waals surface area contributed by atoms with Crippen LogP contribution in [-0.2, 0) is 19.1 Å². The Morgan fingerprint density at radius 1 is 0.685 bits per heavy atom. The molecule has 2 aromatic carbocycles. The van der Waals surface area contributed by atoms with E-state index in [1.807, 2.05) is 48.5 Å². The SMILES string of the molecule is COc1ccc2nccc([C@@H](OC(C)=O)[C@@H]3C[C@@H]4CCN3C[C@@H]4C#CC#C[C@H]3CN4CC[C@H]3C[C@H]4[C@H](OC(C)=O)c3ccnc4ccc(OC)cc34)c2c1. The molecule has 0 amide bonds. The first-order valence-corrected chi connectivity index (χ1v) is 19.0. The van der Waals surface area contributed by atoms with Gasteiger partial charge in [-0.15, -0.1) is 0 Å². The van der Waals surface area contributed by atoms with Gasteiger partial charge in [0, 0.05) is 73.1 Å². The lowest BCUT2D eigenvalue weighted by molar-refractivity contribution is -0.155. The molecule has 278 valence electrons. The van der Waals surface area contributed by atoms with Crippen molar-refractivity contribution in [1.29, 1.82) is 0 Å². The summed E-state index contributed by atoms with van der Waals surface area (Å²) in [7, 11) is 3.30. The Balaban J connectivity index is 0.961. The number of nitrogens with zero attached hydrogens (tertiary/aromatic N) is 4. The lowest BCUT2D eigenvalue weighted by Crippen LogP contribution is -2.55. The largest absolute Gasteiger partial charge is 0.497 e. The van der Waals surface area contributed by atoms with Gasteiger partial charge in [0.25, 0.3) is 0 Å². The minimum atomic E-state index is -0.419. The molecule has 8 heterocycles. The van der Waals surface area contributed by atoms with E-state index in [4.69, 9.17) is 18.9 Å². The summed E-state index contributed by atoms with van der Waals surface area (Å²) in [6.07, 6.45) is 6.65. The van der Waals surface area contributed by atoms with Gasteiger partial charge < -0.3 is 18.9 Å². The van der Waals surface area contributed by atoms with Crippen molar-refractivity contribution in [2.24, 2.45) is 23.7 Å². The van der Waals surface area contributed by atoms with Crippen LogP contribution in [0.25, 0.3) is 21.8 Å². The minimum absolute atomic E-state index is 0.0522. The van der Waals surface area contributed by atoms with E-state index in [1.54, 1.807) is 26.6 Å². The summed E-state index contributed by atoms with van der Waals surface area (Å²) in [5, 5.41) is 1.87. The first-order valence-electron chi connectivity index (χ1n) is 19.0. The third kappa shape index (κ3) is 7.09. The Morgan fingerprint density at radius 2 is 1.13 bits per heavy atom. The van der Waals surface area contributed by atoms with Crippen molar-refractivity contribution < 1.29 is 28.5 Å². The lowest BCUT2D eigenvalue weighted by atomic mass is 9.73. The first kappa shape index (κ1) is 35.8. The molecule has 10 rings (SSSR count). The molecule has 10 atom stereocenters. The number of methoxy groups -OCH3 is 2. The summed E-state index contributed by atoms with van der Waals surface area (Å²) >= 11 is 0. The molecule has 6 saturated heterocycles. The highest BCUT2D eigenvalue weighted by atomic mass is 16.5.